The Bertz CT molecular complexity index is 1570. The highest BCUT2D eigenvalue weighted by molar-refractivity contribution is 6.02. The first kappa shape index (κ1) is 38.3. The maximum Gasteiger partial charge on any atom is 0.247 e. The molecular weight excluding hydrogens is 610 g/mol. The molecule has 48 heavy (non-hydrogen) atoms. The minimum Gasteiger partial charge on any atom is -0.377 e. The van der Waals surface area contributed by atoms with Crippen LogP contribution >= 0.6 is 0 Å². The van der Waals surface area contributed by atoms with Crippen molar-refractivity contribution < 1.29 is 18.3 Å². The largest absolute Gasteiger partial charge is 0.377 e. The van der Waals surface area contributed by atoms with Crippen molar-refractivity contribution in [1.82, 2.24) is 15.3 Å². The Balaban J connectivity index is 2.22. The molecule has 0 fully saturated rings. The lowest BCUT2D eigenvalue weighted by molar-refractivity contribution is -0.111. The van der Waals surface area contributed by atoms with Crippen LogP contribution in [0.3, 0.4) is 0 Å². The molecule has 0 saturated carbocycles. The molecule has 0 aliphatic rings. The highest BCUT2D eigenvalue weighted by Gasteiger charge is 2.22. The molecule has 260 valence electrons. The molecule has 0 radical (unpaired) electrons. The first-order valence-electron chi connectivity index (χ1n) is 16.9. The van der Waals surface area contributed by atoms with Crippen molar-refractivity contribution in [3.63, 3.8) is 0 Å². The van der Waals surface area contributed by atoms with E-state index in [-0.39, 0.29) is 35.9 Å². The number of rotatable bonds is 19. The molecule has 0 spiro atoms. The molecule has 3 aromatic rings. The van der Waals surface area contributed by atoms with Crippen LogP contribution in [0.2, 0.25) is 0 Å². The quantitative estimate of drug-likeness (QED) is 0.0878. The average Bonchev–Trinajstić information content (AvgIpc) is 3.08. The molecule has 0 aliphatic heterocycles. The Labute approximate surface area is 285 Å². The number of anilines is 4. The summed E-state index contributed by atoms with van der Waals surface area (Å²) < 4.78 is 36.2. The number of unbranched alkanes of at least 4 members (excludes halogenated alkanes) is 1. The number of hydrogen-bond acceptors (Lipinski definition) is 7. The van der Waals surface area contributed by atoms with Gasteiger partial charge in [0.2, 0.25) is 11.9 Å². The van der Waals surface area contributed by atoms with Gasteiger partial charge in [0.05, 0.1) is 24.2 Å². The fourth-order valence-corrected chi connectivity index (χ4v) is 5.44. The van der Waals surface area contributed by atoms with Gasteiger partial charge in [0.25, 0.3) is 0 Å². The molecule has 8 nitrogen and oxygen atoms in total. The Morgan fingerprint density at radius 3 is 2.56 bits per heavy atom. The Hall–Kier alpha value is -4.15. The molecule has 1 unspecified atom stereocenters. The first-order valence-corrected chi connectivity index (χ1v) is 16.9. The van der Waals surface area contributed by atoms with E-state index >= 15 is 4.39 Å². The van der Waals surface area contributed by atoms with Crippen molar-refractivity contribution in [2.24, 2.45) is 0 Å². The molecule has 0 saturated heterocycles. The second-order valence-corrected chi connectivity index (χ2v) is 12.1. The van der Waals surface area contributed by atoms with Crippen molar-refractivity contribution in [3.05, 3.63) is 88.8 Å². The number of amides is 1. The van der Waals surface area contributed by atoms with E-state index in [2.05, 4.69) is 59.3 Å². The van der Waals surface area contributed by atoms with Gasteiger partial charge >= 0.3 is 0 Å². The summed E-state index contributed by atoms with van der Waals surface area (Å²) in [7, 11) is 3.87. The molecule has 0 bridgehead atoms. The van der Waals surface area contributed by atoms with E-state index in [1.165, 1.54) is 18.2 Å². The van der Waals surface area contributed by atoms with Crippen LogP contribution in [0.15, 0.2) is 54.8 Å². The lowest BCUT2D eigenvalue weighted by Gasteiger charge is -2.26. The summed E-state index contributed by atoms with van der Waals surface area (Å²) in [5.74, 6) is -0.952. The van der Waals surface area contributed by atoms with Gasteiger partial charge in [-0.3, -0.25) is 4.79 Å². The second-order valence-electron chi connectivity index (χ2n) is 12.1. The zero-order valence-electron chi connectivity index (χ0n) is 29.6. The SMILES string of the molecule is C=CC(=O)Nc1cc(Nc2ncc(F)c(/C(=C(/C)COCCC)c3ccc(F)cc3CCCC)n2)c(C(C)CC)cc1N(C)CCNC. The van der Waals surface area contributed by atoms with E-state index < -0.39 is 5.82 Å². The number of nitrogens with one attached hydrogen (secondary N) is 3. The summed E-state index contributed by atoms with van der Waals surface area (Å²) in [4.78, 5) is 23.6. The van der Waals surface area contributed by atoms with Gasteiger partial charge in [0, 0.05) is 38.0 Å². The van der Waals surface area contributed by atoms with Crippen LogP contribution in [0.25, 0.3) is 5.57 Å². The standard InChI is InChI=1S/C38H52F2N6O2/c1-9-13-14-27-20-28(39)15-16-29(27)36(26(6)24-48-19-10-2)37-31(40)23-42-38(45-37)44-32-22-33(43-35(47)12-4)34(46(8)18-17-41-7)21-30(32)25(5)11-3/h12,15-16,20-23,25,41H,4,9-11,13-14,17-19,24H2,1-3,5-8H3,(H,43,47)(H,42,44,45)/b36-26-. The number of likely N-dealkylation sites (N-methyl/N-ethyl adjacent to an activating group) is 2. The summed E-state index contributed by atoms with van der Waals surface area (Å²) in [6.45, 7) is 16.1. The number of benzene rings is 2. The van der Waals surface area contributed by atoms with Crippen molar-refractivity contribution in [2.45, 2.75) is 72.6 Å². The number of carbonyl (C=O) groups excluding carboxylic acids is 1. The van der Waals surface area contributed by atoms with Gasteiger partial charge in [-0.15, -0.1) is 0 Å². The molecule has 3 N–H and O–H groups in total. The van der Waals surface area contributed by atoms with Gasteiger partial charge in [-0.05, 0) is 98.2 Å². The maximum atomic E-state index is 15.8. The molecule has 1 aromatic heterocycles. The third-order valence-corrected chi connectivity index (χ3v) is 8.32. The fourth-order valence-electron chi connectivity index (χ4n) is 5.44. The molecule has 2 aromatic carbocycles. The number of ether oxygens (including phenoxy) is 1. The van der Waals surface area contributed by atoms with E-state index in [4.69, 9.17) is 9.72 Å². The van der Waals surface area contributed by atoms with Crippen LogP contribution in [0.1, 0.15) is 88.6 Å². The number of nitrogens with zero attached hydrogens (tertiary/aromatic N) is 3. The van der Waals surface area contributed by atoms with Crippen molar-refractivity contribution in [1.29, 1.82) is 0 Å². The van der Waals surface area contributed by atoms with Gasteiger partial charge in [0.15, 0.2) is 5.82 Å². The predicted octanol–water partition coefficient (Wildman–Crippen LogP) is 8.38. The minimum atomic E-state index is -0.598. The average molecular weight is 663 g/mol. The molecule has 1 atom stereocenters. The lowest BCUT2D eigenvalue weighted by atomic mass is 9.91. The molecule has 10 heteroatoms. The molecule has 0 aliphatic carbocycles. The number of carbonyl (C=O) groups is 1. The van der Waals surface area contributed by atoms with E-state index in [1.54, 1.807) is 6.07 Å². The summed E-state index contributed by atoms with van der Waals surface area (Å²) in [6, 6.07) is 8.55. The Kier molecular flexibility index (Phi) is 15.2. The van der Waals surface area contributed by atoms with Gasteiger partial charge in [-0.25, -0.2) is 18.7 Å². The van der Waals surface area contributed by atoms with Crippen LogP contribution in [0.4, 0.5) is 31.8 Å². The molecule has 1 heterocycles. The van der Waals surface area contributed by atoms with Crippen molar-refractivity contribution in [3.8, 4) is 0 Å². The third kappa shape index (κ3) is 10.2. The van der Waals surface area contributed by atoms with E-state index in [0.717, 1.165) is 66.4 Å². The second kappa shape index (κ2) is 19.0. The Morgan fingerprint density at radius 2 is 1.90 bits per heavy atom. The normalized spacial score (nSPS) is 12.4. The zero-order valence-corrected chi connectivity index (χ0v) is 29.6. The van der Waals surface area contributed by atoms with Crippen LogP contribution in [-0.4, -0.2) is 56.3 Å². The maximum absolute atomic E-state index is 15.8. The van der Waals surface area contributed by atoms with E-state index in [0.29, 0.717) is 36.5 Å². The van der Waals surface area contributed by atoms with Crippen LogP contribution in [0.5, 0.6) is 0 Å². The summed E-state index contributed by atoms with van der Waals surface area (Å²) in [5.41, 5.74) is 6.06. The minimum absolute atomic E-state index is 0.100. The van der Waals surface area contributed by atoms with Gasteiger partial charge in [-0.1, -0.05) is 46.8 Å². The third-order valence-electron chi connectivity index (χ3n) is 8.32. The highest BCUT2D eigenvalue weighted by Crippen LogP contribution is 2.38. The van der Waals surface area contributed by atoms with Gasteiger partial charge < -0.3 is 25.6 Å². The van der Waals surface area contributed by atoms with Crippen molar-refractivity contribution >= 4 is 34.5 Å². The van der Waals surface area contributed by atoms with Crippen LogP contribution in [0, 0.1) is 11.6 Å². The van der Waals surface area contributed by atoms with E-state index in [9.17, 15) is 9.18 Å². The van der Waals surface area contributed by atoms with Crippen LogP contribution < -0.4 is 20.9 Å². The topological polar surface area (TPSA) is 91.4 Å². The predicted molar refractivity (Wildman–Crippen MR) is 194 cm³/mol. The number of aryl methyl sites for hydroxylation is 1. The van der Waals surface area contributed by atoms with E-state index in [1.807, 2.05) is 34.0 Å². The number of hydrogen-bond donors (Lipinski definition) is 3. The zero-order chi connectivity index (χ0) is 35.2. The number of halogens is 2. The summed E-state index contributed by atoms with van der Waals surface area (Å²) in [5, 5.41) is 9.45. The summed E-state index contributed by atoms with van der Waals surface area (Å²) >= 11 is 0. The van der Waals surface area contributed by atoms with Gasteiger partial charge in [0.1, 0.15) is 11.5 Å². The molecular formula is C38H52F2N6O2. The fraction of sp³-hybridized carbons (Fsp3) is 0.447. The monoisotopic (exact) mass is 662 g/mol. The Morgan fingerprint density at radius 1 is 1.12 bits per heavy atom. The lowest BCUT2D eigenvalue weighted by Crippen LogP contribution is -2.28. The summed E-state index contributed by atoms with van der Waals surface area (Å²) in [6.07, 6.45) is 6.52. The molecule has 3 rings (SSSR count). The van der Waals surface area contributed by atoms with Crippen LogP contribution in [-0.2, 0) is 16.0 Å². The number of aromatic nitrogens is 2. The van der Waals surface area contributed by atoms with Gasteiger partial charge in [-0.2, -0.15) is 0 Å². The highest BCUT2D eigenvalue weighted by atomic mass is 19.1. The smallest absolute Gasteiger partial charge is 0.247 e. The molecule has 1 amide bonds. The first-order chi connectivity index (χ1) is 23.1. The van der Waals surface area contributed by atoms with Crippen molar-refractivity contribution in [2.75, 3.05) is 55.9 Å².